The van der Waals surface area contributed by atoms with Gasteiger partial charge in [-0.3, -0.25) is 9.59 Å². The molecule has 0 atom stereocenters. The van der Waals surface area contributed by atoms with Crippen molar-refractivity contribution in [2.24, 2.45) is 0 Å². The maximum Gasteiger partial charge on any atom is 0.255 e. The van der Waals surface area contributed by atoms with Crippen LogP contribution in [0.5, 0.6) is 0 Å². The molecule has 2 aromatic rings. The molecule has 0 radical (unpaired) electrons. The molecule has 0 aliphatic carbocycles. The number of carbonyl (C=O) groups is 2. The summed E-state index contributed by atoms with van der Waals surface area (Å²) >= 11 is 0. The molecule has 4 rings (SSSR count). The first-order chi connectivity index (χ1) is 12.6. The number of amides is 2. The number of hydrogen-bond donors (Lipinski definition) is 2. The second-order valence-electron chi connectivity index (χ2n) is 6.89. The molecule has 134 valence electrons. The predicted molar refractivity (Wildman–Crippen MR) is 103 cm³/mol. The van der Waals surface area contributed by atoms with Gasteiger partial charge in [0.25, 0.3) is 5.91 Å². The van der Waals surface area contributed by atoms with Gasteiger partial charge in [0, 0.05) is 48.8 Å². The zero-order valence-electron chi connectivity index (χ0n) is 14.8. The van der Waals surface area contributed by atoms with Crippen molar-refractivity contribution in [3.8, 4) is 0 Å². The van der Waals surface area contributed by atoms with Crippen LogP contribution in [-0.4, -0.2) is 49.9 Å². The van der Waals surface area contributed by atoms with E-state index in [1.807, 2.05) is 24.3 Å². The molecule has 2 amide bonds. The Labute approximate surface area is 152 Å². The topological polar surface area (TPSA) is 64.7 Å². The Bertz CT molecular complexity index is 839. The molecular weight excluding hydrogens is 328 g/mol. The quantitative estimate of drug-likeness (QED) is 0.891. The van der Waals surface area contributed by atoms with Crippen LogP contribution in [0.15, 0.2) is 42.5 Å². The van der Waals surface area contributed by atoms with Crippen LogP contribution < -0.4 is 15.5 Å². The molecule has 1 saturated heterocycles. The number of carbonyl (C=O) groups excluding carboxylic acids is 2. The van der Waals surface area contributed by atoms with E-state index in [2.05, 4.69) is 27.5 Å². The lowest BCUT2D eigenvalue weighted by Gasteiger charge is -2.34. The average Bonchev–Trinajstić information content (AvgIpc) is 3.02. The minimum Gasteiger partial charge on any atom is -0.369 e. The molecule has 26 heavy (non-hydrogen) atoms. The minimum atomic E-state index is -0.167. The van der Waals surface area contributed by atoms with E-state index in [-0.39, 0.29) is 11.8 Å². The van der Waals surface area contributed by atoms with Gasteiger partial charge in [-0.25, -0.2) is 0 Å². The normalized spacial score (nSPS) is 17.0. The summed E-state index contributed by atoms with van der Waals surface area (Å²) in [6, 6.07) is 13.3. The Kier molecular flexibility index (Phi) is 4.34. The number of rotatable bonds is 3. The van der Waals surface area contributed by atoms with Crippen molar-refractivity contribution in [1.82, 2.24) is 4.90 Å². The van der Waals surface area contributed by atoms with Crippen LogP contribution in [-0.2, 0) is 11.2 Å². The SMILES string of the molecule is CN1CCN(c2ccc(NC(=O)c3ccc4c(c3)CC(=O)N4)cc2)CC1. The first-order valence-electron chi connectivity index (χ1n) is 8.86. The number of piperazine rings is 1. The molecule has 0 spiro atoms. The Morgan fingerprint density at radius 1 is 1.04 bits per heavy atom. The first-order valence-corrected chi connectivity index (χ1v) is 8.86. The van der Waals surface area contributed by atoms with E-state index in [0.717, 1.165) is 43.1 Å². The van der Waals surface area contributed by atoms with Crippen molar-refractivity contribution in [2.45, 2.75) is 6.42 Å². The highest BCUT2D eigenvalue weighted by atomic mass is 16.2. The Morgan fingerprint density at radius 2 is 1.77 bits per heavy atom. The molecule has 6 nitrogen and oxygen atoms in total. The summed E-state index contributed by atoms with van der Waals surface area (Å²) < 4.78 is 0. The molecule has 0 saturated carbocycles. The lowest BCUT2D eigenvalue weighted by atomic mass is 10.1. The van der Waals surface area contributed by atoms with Gasteiger partial charge in [-0.1, -0.05) is 0 Å². The Morgan fingerprint density at radius 3 is 2.50 bits per heavy atom. The van der Waals surface area contributed by atoms with Crippen molar-refractivity contribution in [3.05, 3.63) is 53.6 Å². The highest BCUT2D eigenvalue weighted by molar-refractivity contribution is 6.06. The van der Waals surface area contributed by atoms with Crippen LogP contribution in [0.4, 0.5) is 17.1 Å². The van der Waals surface area contributed by atoms with Crippen LogP contribution in [0.25, 0.3) is 0 Å². The third-order valence-corrected chi connectivity index (χ3v) is 4.99. The van der Waals surface area contributed by atoms with Crippen molar-refractivity contribution in [1.29, 1.82) is 0 Å². The lowest BCUT2D eigenvalue weighted by molar-refractivity contribution is -0.115. The molecule has 1 fully saturated rings. The van der Waals surface area contributed by atoms with Gasteiger partial charge in [0.2, 0.25) is 5.91 Å². The molecule has 2 N–H and O–H groups in total. The van der Waals surface area contributed by atoms with Crippen molar-refractivity contribution in [3.63, 3.8) is 0 Å². The van der Waals surface area contributed by atoms with Gasteiger partial charge < -0.3 is 20.4 Å². The van der Waals surface area contributed by atoms with E-state index < -0.39 is 0 Å². The molecule has 2 heterocycles. The Balaban J connectivity index is 1.42. The number of fused-ring (bicyclic) bond motifs is 1. The van der Waals surface area contributed by atoms with Crippen LogP contribution in [0.2, 0.25) is 0 Å². The molecule has 0 bridgehead atoms. The molecule has 6 heteroatoms. The Hall–Kier alpha value is -2.86. The minimum absolute atomic E-state index is 0.0305. The fourth-order valence-electron chi connectivity index (χ4n) is 3.39. The number of nitrogens with zero attached hydrogens (tertiary/aromatic N) is 2. The van der Waals surface area contributed by atoms with Crippen LogP contribution >= 0.6 is 0 Å². The molecule has 2 aromatic carbocycles. The number of anilines is 3. The van der Waals surface area contributed by atoms with Crippen LogP contribution in [0.3, 0.4) is 0 Å². The summed E-state index contributed by atoms with van der Waals surface area (Å²) in [5, 5.41) is 5.70. The van der Waals surface area contributed by atoms with Gasteiger partial charge in [0.05, 0.1) is 6.42 Å². The largest absolute Gasteiger partial charge is 0.369 e. The van der Waals surface area contributed by atoms with Gasteiger partial charge in [0.15, 0.2) is 0 Å². The van der Waals surface area contributed by atoms with Gasteiger partial charge >= 0.3 is 0 Å². The zero-order chi connectivity index (χ0) is 18.1. The summed E-state index contributed by atoms with van der Waals surface area (Å²) in [4.78, 5) is 28.6. The smallest absolute Gasteiger partial charge is 0.255 e. The summed E-state index contributed by atoms with van der Waals surface area (Å²) in [5.41, 5.74) is 4.17. The second kappa shape index (κ2) is 6.80. The third-order valence-electron chi connectivity index (χ3n) is 4.99. The van der Waals surface area contributed by atoms with Crippen LogP contribution in [0.1, 0.15) is 15.9 Å². The summed E-state index contributed by atoms with van der Waals surface area (Å²) in [6.07, 6.45) is 0.330. The van der Waals surface area contributed by atoms with Gasteiger partial charge in [-0.15, -0.1) is 0 Å². The van der Waals surface area contributed by atoms with Gasteiger partial charge in [-0.2, -0.15) is 0 Å². The summed E-state index contributed by atoms with van der Waals surface area (Å²) in [5.74, 6) is -0.198. The van der Waals surface area contributed by atoms with Crippen molar-refractivity contribution >= 4 is 28.9 Å². The standard InChI is InChI=1S/C20H22N4O2/c1-23-8-10-24(11-9-23)17-5-3-16(4-6-17)21-20(26)14-2-7-18-15(12-14)13-19(25)22-18/h2-7,12H,8-11,13H2,1H3,(H,21,26)(H,22,25). The monoisotopic (exact) mass is 350 g/mol. The van der Waals surface area contributed by atoms with Crippen molar-refractivity contribution < 1.29 is 9.59 Å². The van der Waals surface area contributed by atoms with Crippen molar-refractivity contribution in [2.75, 3.05) is 48.8 Å². The molecule has 2 aliphatic rings. The maximum absolute atomic E-state index is 12.5. The fraction of sp³-hybridized carbons (Fsp3) is 0.300. The van der Waals surface area contributed by atoms with Crippen LogP contribution in [0, 0.1) is 0 Å². The maximum atomic E-state index is 12.5. The number of nitrogens with one attached hydrogen (secondary N) is 2. The number of benzene rings is 2. The lowest BCUT2D eigenvalue weighted by Crippen LogP contribution is -2.44. The second-order valence-corrected chi connectivity index (χ2v) is 6.89. The first kappa shape index (κ1) is 16.6. The highest BCUT2D eigenvalue weighted by Crippen LogP contribution is 2.25. The molecule has 0 unspecified atom stereocenters. The van der Waals surface area contributed by atoms with E-state index in [0.29, 0.717) is 12.0 Å². The molecular formula is C20H22N4O2. The average molecular weight is 350 g/mol. The summed E-state index contributed by atoms with van der Waals surface area (Å²) in [6.45, 7) is 4.16. The van der Waals surface area contributed by atoms with E-state index in [1.165, 1.54) is 5.69 Å². The van der Waals surface area contributed by atoms with E-state index in [9.17, 15) is 9.59 Å². The highest BCUT2D eigenvalue weighted by Gasteiger charge is 2.19. The molecule has 2 aliphatic heterocycles. The zero-order valence-corrected chi connectivity index (χ0v) is 14.8. The van der Waals surface area contributed by atoms with E-state index >= 15 is 0 Å². The van der Waals surface area contributed by atoms with E-state index in [4.69, 9.17) is 0 Å². The number of likely N-dealkylation sites (N-methyl/N-ethyl adjacent to an activating group) is 1. The van der Waals surface area contributed by atoms with Gasteiger partial charge in [0.1, 0.15) is 0 Å². The number of hydrogen-bond acceptors (Lipinski definition) is 4. The van der Waals surface area contributed by atoms with E-state index in [1.54, 1.807) is 18.2 Å². The fourth-order valence-corrected chi connectivity index (χ4v) is 3.39. The third kappa shape index (κ3) is 3.41. The summed E-state index contributed by atoms with van der Waals surface area (Å²) in [7, 11) is 2.14. The molecule has 0 aromatic heterocycles. The van der Waals surface area contributed by atoms with Gasteiger partial charge in [-0.05, 0) is 55.1 Å². The predicted octanol–water partition coefficient (Wildman–Crippen LogP) is 2.19.